The molecule has 1 fully saturated rings. The molecule has 1 aromatic rings. The molecule has 0 N–H and O–H groups in total. The molecule has 1 aromatic carbocycles. The van der Waals surface area contributed by atoms with Crippen LogP contribution in [0.2, 0.25) is 0 Å². The fourth-order valence-electron chi connectivity index (χ4n) is 1.60. The molecule has 1 aliphatic rings. The molecule has 0 aromatic heterocycles. The summed E-state index contributed by atoms with van der Waals surface area (Å²) in [4.78, 5) is 0. The second-order valence-electron chi connectivity index (χ2n) is 3.80. The zero-order valence-electron chi connectivity index (χ0n) is 7.96. The molecule has 1 aliphatic heterocycles. The van der Waals surface area contributed by atoms with Gasteiger partial charge in [-0.15, -0.1) is 0 Å². The van der Waals surface area contributed by atoms with E-state index in [1.165, 1.54) is 6.07 Å². The highest BCUT2D eigenvalue weighted by atomic mass is 79.9. The Morgan fingerprint density at radius 2 is 2.27 bits per heavy atom. The molecular formula is C11H9BrFNO. The summed E-state index contributed by atoms with van der Waals surface area (Å²) >= 11 is 3.28. The van der Waals surface area contributed by atoms with E-state index in [0.717, 1.165) is 4.47 Å². The number of hydrogen-bond donors (Lipinski definition) is 0. The summed E-state index contributed by atoms with van der Waals surface area (Å²) in [7, 11) is 0. The van der Waals surface area contributed by atoms with Crippen LogP contribution in [-0.4, -0.2) is 13.2 Å². The molecule has 0 atom stereocenters. The zero-order valence-corrected chi connectivity index (χ0v) is 9.55. The van der Waals surface area contributed by atoms with Gasteiger partial charge in [-0.1, -0.05) is 15.9 Å². The molecule has 78 valence electrons. The fourth-order valence-corrected chi connectivity index (χ4v) is 2.01. The van der Waals surface area contributed by atoms with E-state index in [-0.39, 0.29) is 5.82 Å². The van der Waals surface area contributed by atoms with Gasteiger partial charge in [-0.2, -0.15) is 5.26 Å². The summed E-state index contributed by atoms with van der Waals surface area (Å²) in [6.45, 7) is 0.797. The molecule has 1 heterocycles. The number of nitrogens with zero attached hydrogens (tertiary/aromatic N) is 1. The summed E-state index contributed by atoms with van der Waals surface area (Å²) in [5.74, 6) is -0.264. The Hall–Kier alpha value is -0.920. The molecule has 0 aliphatic carbocycles. The van der Waals surface area contributed by atoms with Crippen LogP contribution in [-0.2, 0) is 11.2 Å². The van der Waals surface area contributed by atoms with Gasteiger partial charge in [0.2, 0.25) is 0 Å². The highest BCUT2D eigenvalue weighted by Gasteiger charge is 2.39. The molecule has 15 heavy (non-hydrogen) atoms. The monoisotopic (exact) mass is 269 g/mol. The van der Waals surface area contributed by atoms with Gasteiger partial charge in [-0.05, 0) is 30.2 Å². The van der Waals surface area contributed by atoms with Crippen molar-refractivity contribution in [3.63, 3.8) is 0 Å². The minimum absolute atomic E-state index is 0.264. The van der Waals surface area contributed by atoms with Crippen molar-refractivity contribution in [3.8, 4) is 6.07 Å². The van der Waals surface area contributed by atoms with Crippen molar-refractivity contribution in [2.75, 3.05) is 13.2 Å². The molecule has 0 saturated carbocycles. The quantitative estimate of drug-likeness (QED) is 0.827. The lowest BCUT2D eigenvalue weighted by Crippen LogP contribution is -2.43. The first-order chi connectivity index (χ1) is 7.15. The van der Waals surface area contributed by atoms with Crippen LogP contribution in [0.1, 0.15) is 5.56 Å². The SMILES string of the molecule is N#CC1(Cc2cc(Br)ccc2F)COC1. The normalized spacial score (nSPS) is 17.9. The van der Waals surface area contributed by atoms with Crippen molar-refractivity contribution in [3.05, 3.63) is 34.1 Å². The Balaban J connectivity index is 2.24. The first-order valence-electron chi connectivity index (χ1n) is 4.58. The van der Waals surface area contributed by atoms with E-state index in [4.69, 9.17) is 10.00 Å². The molecule has 2 rings (SSSR count). The van der Waals surface area contributed by atoms with Crippen molar-refractivity contribution < 1.29 is 9.13 Å². The van der Waals surface area contributed by atoms with Crippen LogP contribution in [0.15, 0.2) is 22.7 Å². The summed E-state index contributed by atoms with van der Waals surface area (Å²) < 4.78 is 19.3. The van der Waals surface area contributed by atoms with Crippen LogP contribution < -0.4 is 0 Å². The number of benzene rings is 1. The van der Waals surface area contributed by atoms with Crippen molar-refractivity contribution in [1.29, 1.82) is 5.26 Å². The minimum Gasteiger partial charge on any atom is -0.378 e. The standard InChI is InChI=1S/C11H9BrFNO/c12-9-1-2-10(13)8(3-9)4-11(5-14)6-15-7-11/h1-3H,4,6-7H2. The Morgan fingerprint density at radius 1 is 1.53 bits per heavy atom. The van der Waals surface area contributed by atoms with Crippen LogP contribution >= 0.6 is 15.9 Å². The Morgan fingerprint density at radius 3 is 2.80 bits per heavy atom. The maximum atomic E-state index is 13.4. The van der Waals surface area contributed by atoms with Crippen molar-refractivity contribution in [1.82, 2.24) is 0 Å². The molecule has 0 amide bonds. The van der Waals surface area contributed by atoms with Gasteiger partial charge in [0.25, 0.3) is 0 Å². The minimum atomic E-state index is -0.526. The van der Waals surface area contributed by atoms with Crippen LogP contribution in [0.4, 0.5) is 4.39 Å². The molecule has 4 heteroatoms. The molecule has 0 spiro atoms. The zero-order chi connectivity index (χ0) is 10.9. The largest absolute Gasteiger partial charge is 0.378 e. The lowest BCUT2D eigenvalue weighted by Gasteiger charge is -2.35. The third-order valence-electron chi connectivity index (χ3n) is 2.53. The summed E-state index contributed by atoms with van der Waals surface area (Å²) in [5, 5.41) is 8.99. The summed E-state index contributed by atoms with van der Waals surface area (Å²) in [6, 6.07) is 6.97. The topological polar surface area (TPSA) is 33.0 Å². The molecule has 2 nitrogen and oxygen atoms in total. The van der Waals surface area contributed by atoms with E-state index in [0.29, 0.717) is 25.2 Å². The smallest absolute Gasteiger partial charge is 0.126 e. The lowest BCUT2D eigenvalue weighted by atomic mass is 9.81. The molecular weight excluding hydrogens is 261 g/mol. The predicted molar refractivity (Wildman–Crippen MR) is 56.7 cm³/mol. The molecule has 0 radical (unpaired) electrons. The van der Waals surface area contributed by atoms with Gasteiger partial charge < -0.3 is 4.74 Å². The van der Waals surface area contributed by atoms with Gasteiger partial charge in [0, 0.05) is 4.47 Å². The maximum Gasteiger partial charge on any atom is 0.126 e. The lowest BCUT2D eigenvalue weighted by molar-refractivity contribution is -0.0768. The van der Waals surface area contributed by atoms with Crippen molar-refractivity contribution in [2.45, 2.75) is 6.42 Å². The number of nitriles is 1. The van der Waals surface area contributed by atoms with Gasteiger partial charge in [-0.3, -0.25) is 0 Å². The number of ether oxygens (including phenoxy) is 1. The second kappa shape index (κ2) is 3.92. The third kappa shape index (κ3) is 2.04. The summed E-state index contributed by atoms with van der Waals surface area (Å²) in [6.07, 6.45) is 0.411. The highest BCUT2D eigenvalue weighted by Crippen LogP contribution is 2.32. The van der Waals surface area contributed by atoms with Crippen molar-refractivity contribution >= 4 is 15.9 Å². The highest BCUT2D eigenvalue weighted by molar-refractivity contribution is 9.10. The van der Waals surface area contributed by atoms with E-state index in [1.807, 2.05) is 0 Å². The Bertz CT molecular complexity index is 423. The van der Waals surface area contributed by atoms with Crippen molar-refractivity contribution in [2.24, 2.45) is 5.41 Å². The number of rotatable bonds is 2. The first-order valence-corrected chi connectivity index (χ1v) is 5.37. The average Bonchev–Trinajstić information content (AvgIpc) is 2.17. The predicted octanol–water partition coefficient (Wildman–Crippen LogP) is 2.67. The summed E-state index contributed by atoms with van der Waals surface area (Å²) in [5.41, 5.74) is 0.0379. The Kier molecular flexibility index (Phi) is 2.76. The average molecular weight is 270 g/mol. The molecule has 0 unspecified atom stereocenters. The third-order valence-corrected chi connectivity index (χ3v) is 3.02. The number of halogens is 2. The van der Waals surface area contributed by atoms with E-state index < -0.39 is 5.41 Å². The van der Waals surface area contributed by atoms with Gasteiger partial charge in [-0.25, -0.2) is 4.39 Å². The van der Waals surface area contributed by atoms with E-state index in [2.05, 4.69) is 22.0 Å². The molecule has 1 saturated heterocycles. The van der Waals surface area contributed by atoms with Gasteiger partial charge in [0.15, 0.2) is 0 Å². The van der Waals surface area contributed by atoms with E-state index in [9.17, 15) is 4.39 Å². The maximum absolute atomic E-state index is 13.4. The first kappa shape index (κ1) is 10.6. The second-order valence-corrected chi connectivity index (χ2v) is 4.71. The van der Waals surface area contributed by atoms with Gasteiger partial charge in [0.05, 0.1) is 19.3 Å². The van der Waals surface area contributed by atoms with Crippen LogP contribution in [0.3, 0.4) is 0 Å². The van der Waals surface area contributed by atoms with Gasteiger partial charge >= 0.3 is 0 Å². The Labute approximate surface area is 95.8 Å². The molecule has 0 bridgehead atoms. The number of hydrogen-bond acceptors (Lipinski definition) is 2. The van der Waals surface area contributed by atoms with E-state index in [1.54, 1.807) is 12.1 Å². The fraction of sp³-hybridized carbons (Fsp3) is 0.364. The van der Waals surface area contributed by atoms with Crippen LogP contribution in [0, 0.1) is 22.6 Å². The van der Waals surface area contributed by atoms with Crippen LogP contribution in [0.5, 0.6) is 0 Å². The van der Waals surface area contributed by atoms with Crippen LogP contribution in [0.25, 0.3) is 0 Å². The van der Waals surface area contributed by atoms with E-state index >= 15 is 0 Å². The van der Waals surface area contributed by atoms with Gasteiger partial charge in [0.1, 0.15) is 11.2 Å².